The predicted octanol–water partition coefficient (Wildman–Crippen LogP) is 5.59. The largest absolute Gasteiger partial charge is 0.469 e. The lowest BCUT2D eigenvalue weighted by Gasteiger charge is -2.31. The number of halogens is 1. The Morgan fingerprint density at radius 2 is 1.83 bits per heavy atom. The van der Waals surface area contributed by atoms with E-state index in [1.165, 1.54) is 11.8 Å². The number of methoxy groups -OCH3 is 1. The maximum atomic E-state index is 16.6. The molecular weight excluding hydrogens is 696 g/mol. The van der Waals surface area contributed by atoms with Crippen molar-refractivity contribution >= 4 is 36.9 Å². The number of aryl methyl sites for hydroxylation is 1. The number of H-pyrrole nitrogens is 1. The number of rotatable bonds is 13. The normalized spacial score (nSPS) is 21.8. The van der Waals surface area contributed by atoms with E-state index in [1.54, 1.807) is 41.0 Å². The van der Waals surface area contributed by atoms with E-state index < -0.39 is 31.6 Å². The van der Waals surface area contributed by atoms with E-state index in [0.29, 0.717) is 65.9 Å². The molecule has 1 fully saturated rings. The van der Waals surface area contributed by atoms with Crippen LogP contribution in [0.5, 0.6) is 0 Å². The molecule has 1 spiro atoms. The molecule has 3 aromatic carbocycles. The Hall–Kier alpha value is -4.92. The summed E-state index contributed by atoms with van der Waals surface area (Å²) in [7, 11) is -2.11. The van der Waals surface area contributed by atoms with Gasteiger partial charge in [-0.05, 0) is 68.3 Å². The number of para-hydroxylation sites is 1. The van der Waals surface area contributed by atoms with Crippen molar-refractivity contribution in [3.8, 4) is 5.69 Å². The minimum absolute atomic E-state index is 0.133. The van der Waals surface area contributed by atoms with Crippen molar-refractivity contribution in [1.29, 1.82) is 0 Å². The summed E-state index contributed by atoms with van der Waals surface area (Å²) in [4.78, 5) is 41.9. The average molecular weight is 741 g/mol. The van der Waals surface area contributed by atoms with Crippen LogP contribution < -0.4 is 10.5 Å². The van der Waals surface area contributed by atoms with Crippen LogP contribution in [-0.2, 0) is 31.2 Å². The first-order valence-corrected chi connectivity index (χ1v) is 21.1. The molecular formula is C39H45FN6O6Si. The summed E-state index contributed by atoms with van der Waals surface area (Å²) < 4.78 is 31.5. The van der Waals surface area contributed by atoms with E-state index >= 15 is 4.11 Å². The fraction of sp³-hybridized carbons (Fsp3) is 0.410. The highest BCUT2D eigenvalue weighted by Gasteiger charge is 2.66. The molecule has 4 heterocycles. The van der Waals surface area contributed by atoms with Gasteiger partial charge in [-0.2, -0.15) is 0 Å². The van der Waals surface area contributed by atoms with Gasteiger partial charge in [-0.15, -0.1) is 5.10 Å². The molecule has 53 heavy (non-hydrogen) atoms. The number of hydrogen-bond donors (Lipinski definition) is 2. The zero-order valence-corrected chi connectivity index (χ0v) is 31.4. The molecule has 2 aromatic heterocycles. The van der Waals surface area contributed by atoms with E-state index in [1.807, 2.05) is 67.6 Å². The second-order valence-electron chi connectivity index (χ2n) is 14.6. The van der Waals surface area contributed by atoms with E-state index in [9.17, 15) is 19.5 Å². The summed E-state index contributed by atoms with van der Waals surface area (Å²) >= 11 is 0. The number of carbonyl (C=O) groups is 2. The van der Waals surface area contributed by atoms with Gasteiger partial charge in [0, 0.05) is 42.7 Å². The summed E-state index contributed by atoms with van der Waals surface area (Å²) in [5.41, 5.74) is 1.71. The maximum Gasteiger partial charge on any atom is 0.305 e. The highest BCUT2D eigenvalue weighted by Crippen LogP contribution is 2.60. The molecule has 5 atom stereocenters. The van der Waals surface area contributed by atoms with Crippen LogP contribution >= 0.6 is 0 Å². The van der Waals surface area contributed by atoms with E-state index in [2.05, 4.69) is 15.4 Å². The molecule has 12 nitrogen and oxygen atoms in total. The number of nitrogens with zero attached hydrogens (tertiary/aromatic N) is 5. The second-order valence-corrected chi connectivity index (χ2v) is 18.4. The number of carbonyl (C=O) groups excluding carboxylic acids is 2. The van der Waals surface area contributed by atoms with Gasteiger partial charge < -0.3 is 23.6 Å². The molecule has 1 amide bonds. The van der Waals surface area contributed by atoms with Gasteiger partial charge in [-0.3, -0.25) is 24.2 Å². The standard InChI is InChI=1S/C39H45FN6O6Si/c1-25-36(53(3,4)40)34(19-21-44-23-32(41-43-44)29(24-47)26-12-6-5-7-13-26)52-39(25)30-22-27(46-37(49)28-14-8-9-15-31(28)42-46)17-18-33(30)45(38(39)50)20-11-10-16-35(48)51-2/h5-9,12-15,17-18,22-23,25,29,34,36,42,47H,10-11,16,19-21,24H2,1-4H3/t25-,29?,34+,36-,39+/m1/s1. The maximum absolute atomic E-state index is 16.6. The summed E-state index contributed by atoms with van der Waals surface area (Å²) in [5, 5.41) is 22.6. The van der Waals surface area contributed by atoms with E-state index in [4.69, 9.17) is 9.47 Å². The smallest absolute Gasteiger partial charge is 0.305 e. The number of aromatic nitrogens is 5. The molecule has 1 saturated heterocycles. The number of aromatic amines is 1. The molecule has 0 radical (unpaired) electrons. The van der Waals surface area contributed by atoms with Gasteiger partial charge >= 0.3 is 5.97 Å². The van der Waals surface area contributed by atoms with Crippen LogP contribution in [0, 0.1) is 5.92 Å². The molecule has 278 valence electrons. The molecule has 0 saturated carbocycles. The number of ether oxygens (including phenoxy) is 2. The van der Waals surface area contributed by atoms with Gasteiger partial charge in [0.25, 0.3) is 11.5 Å². The fourth-order valence-electron chi connectivity index (χ4n) is 8.45. The Morgan fingerprint density at radius 1 is 1.08 bits per heavy atom. The van der Waals surface area contributed by atoms with Gasteiger partial charge in [-0.25, -0.2) is 4.68 Å². The summed E-state index contributed by atoms with van der Waals surface area (Å²) in [6.07, 6.45) is 2.84. The highest BCUT2D eigenvalue weighted by molar-refractivity contribution is 6.72. The minimum atomic E-state index is -3.46. The van der Waals surface area contributed by atoms with Gasteiger partial charge in [0.1, 0.15) is 0 Å². The predicted molar refractivity (Wildman–Crippen MR) is 200 cm³/mol. The Morgan fingerprint density at radius 3 is 2.55 bits per heavy atom. The Bertz CT molecular complexity index is 2180. The van der Waals surface area contributed by atoms with Crippen LogP contribution in [0.25, 0.3) is 16.6 Å². The van der Waals surface area contributed by atoms with Crippen LogP contribution in [0.15, 0.2) is 83.8 Å². The number of unbranched alkanes of at least 4 members (excludes halogenated alkanes) is 1. The van der Waals surface area contributed by atoms with Crippen molar-refractivity contribution in [2.24, 2.45) is 5.92 Å². The number of anilines is 1. The first-order valence-electron chi connectivity index (χ1n) is 18.1. The van der Waals surface area contributed by atoms with Gasteiger partial charge in [0.05, 0.1) is 53.7 Å². The monoisotopic (exact) mass is 740 g/mol. The number of esters is 1. The lowest BCUT2D eigenvalue weighted by molar-refractivity contribution is -0.146. The lowest BCUT2D eigenvalue weighted by Crippen LogP contribution is -2.45. The third kappa shape index (κ3) is 6.53. The summed E-state index contributed by atoms with van der Waals surface area (Å²) in [6, 6.07) is 22.3. The summed E-state index contributed by atoms with van der Waals surface area (Å²) in [5.74, 6) is -1.47. The van der Waals surface area contributed by atoms with Gasteiger partial charge in [0.15, 0.2) is 5.60 Å². The molecule has 0 bridgehead atoms. The first kappa shape index (κ1) is 36.4. The third-order valence-corrected chi connectivity index (χ3v) is 13.4. The van der Waals surface area contributed by atoms with Crippen LogP contribution in [-0.4, -0.2) is 76.5 Å². The van der Waals surface area contributed by atoms with Crippen molar-refractivity contribution in [1.82, 2.24) is 24.8 Å². The van der Waals surface area contributed by atoms with E-state index in [-0.39, 0.29) is 36.4 Å². The number of aliphatic hydroxyl groups is 1. The van der Waals surface area contributed by atoms with Crippen LogP contribution in [0.1, 0.15) is 55.3 Å². The van der Waals surface area contributed by atoms with Crippen molar-refractivity contribution in [3.63, 3.8) is 0 Å². The lowest BCUT2D eigenvalue weighted by atomic mass is 9.82. The molecule has 2 N–H and O–H groups in total. The first-order chi connectivity index (χ1) is 25.5. The Kier molecular flexibility index (Phi) is 9.96. The van der Waals surface area contributed by atoms with Crippen molar-refractivity contribution in [2.75, 3.05) is 25.2 Å². The quantitative estimate of drug-likeness (QED) is 0.0689. The molecule has 2 aliphatic heterocycles. The zero-order chi connectivity index (χ0) is 37.5. The Balaban J connectivity index is 1.23. The molecule has 7 rings (SSSR count). The van der Waals surface area contributed by atoms with E-state index in [0.717, 1.165) is 5.56 Å². The SMILES string of the molecule is COC(=O)CCCCN1C(=O)[C@@]2(O[C@@H](CCn3cc(C(CO)c4ccccc4)nn3)[C@H]([Si](C)(C)F)[C@H]2C)c2cc(-n3[nH]c4ccccc4c3=O)ccc21. The second kappa shape index (κ2) is 14.5. The van der Waals surface area contributed by atoms with Gasteiger partial charge in [-0.1, -0.05) is 54.6 Å². The molecule has 5 aromatic rings. The zero-order valence-electron chi connectivity index (χ0n) is 30.4. The molecule has 1 unspecified atom stereocenters. The van der Waals surface area contributed by atoms with Crippen LogP contribution in [0.3, 0.4) is 0 Å². The van der Waals surface area contributed by atoms with Crippen LogP contribution in [0.4, 0.5) is 9.80 Å². The summed E-state index contributed by atoms with van der Waals surface area (Å²) in [6.45, 7) is 5.78. The minimum Gasteiger partial charge on any atom is -0.469 e. The fourth-order valence-corrected chi connectivity index (χ4v) is 11.0. The molecule has 14 heteroatoms. The van der Waals surface area contributed by atoms with Crippen molar-refractivity contribution in [2.45, 2.75) is 75.4 Å². The number of aliphatic hydroxyl groups excluding tert-OH is 1. The number of hydrogen-bond acceptors (Lipinski definition) is 8. The number of nitrogens with one attached hydrogen (secondary N) is 1. The number of benzene rings is 3. The van der Waals surface area contributed by atoms with Gasteiger partial charge in [0.2, 0.25) is 8.41 Å². The van der Waals surface area contributed by atoms with Crippen molar-refractivity contribution < 1.29 is 28.3 Å². The Labute approximate surface area is 307 Å². The highest BCUT2D eigenvalue weighted by atomic mass is 28.4. The molecule has 0 aliphatic carbocycles. The third-order valence-electron chi connectivity index (χ3n) is 11.0. The topological polar surface area (TPSA) is 145 Å². The average Bonchev–Trinajstić information content (AvgIpc) is 3.89. The number of amides is 1. The van der Waals surface area contributed by atoms with Crippen molar-refractivity contribution in [3.05, 3.63) is 106 Å². The molecule has 2 aliphatic rings. The van der Waals surface area contributed by atoms with Crippen LogP contribution in [0.2, 0.25) is 18.6 Å². The number of fused-ring (bicyclic) bond motifs is 3.